The lowest BCUT2D eigenvalue weighted by atomic mass is 10.2. The highest BCUT2D eigenvalue weighted by Gasteiger charge is 2.10. The summed E-state index contributed by atoms with van der Waals surface area (Å²) in [5.41, 5.74) is 2.12. The monoisotopic (exact) mass is 265 g/mol. The molecule has 1 aliphatic heterocycles. The van der Waals surface area contributed by atoms with Crippen molar-refractivity contribution in [2.45, 2.75) is 13.3 Å². The highest BCUT2D eigenvalue weighted by atomic mass is 32.1. The largest absolute Gasteiger partial charge is 0.379 e. The maximum Gasteiger partial charge on any atom is 0.107 e. The van der Waals surface area contributed by atoms with Gasteiger partial charge in [0.2, 0.25) is 0 Å². The van der Waals surface area contributed by atoms with Crippen LogP contribution in [0.1, 0.15) is 18.2 Å². The van der Waals surface area contributed by atoms with Gasteiger partial charge < -0.3 is 10.1 Å². The number of morpholine rings is 1. The Morgan fingerprint density at radius 1 is 1.50 bits per heavy atom. The van der Waals surface area contributed by atoms with Gasteiger partial charge in [0.1, 0.15) is 4.99 Å². The summed E-state index contributed by atoms with van der Waals surface area (Å²) in [6.45, 7) is 6.42. The number of ether oxygens (including phenoxy) is 1. The van der Waals surface area contributed by atoms with Crippen molar-refractivity contribution >= 4 is 17.2 Å². The number of rotatable bonds is 4. The van der Waals surface area contributed by atoms with E-state index in [-0.39, 0.29) is 0 Å². The van der Waals surface area contributed by atoms with Crippen molar-refractivity contribution < 1.29 is 4.74 Å². The number of nitrogens with one attached hydrogen (secondary N) is 1. The fraction of sp³-hybridized carbons (Fsp3) is 0.538. The summed E-state index contributed by atoms with van der Waals surface area (Å²) in [4.78, 5) is 7.37. The third-order valence-electron chi connectivity index (χ3n) is 3.01. The van der Waals surface area contributed by atoms with Gasteiger partial charge in [-0.2, -0.15) is 0 Å². The second-order valence-electron chi connectivity index (χ2n) is 4.28. The zero-order valence-electron chi connectivity index (χ0n) is 10.7. The quantitative estimate of drug-likeness (QED) is 0.828. The summed E-state index contributed by atoms with van der Waals surface area (Å²) in [6, 6.07) is 4.00. The van der Waals surface area contributed by atoms with E-state index < -0.39 is 0 Å². The maximum absolute atomic E-state index is 5.40. The van der Waals surface area contributed by atoms with E-state index in [1.165, 1.54) is 0 Å². The van der Waals surface area contributed by atoms with Gasteiger partial charge in [-0.1, -0.05) is 19.1 Å². The number of hydrogen-bond donors (Lipinski definition) is 1. The van der Waals surface area contributed by atoms with Crippen molar-refractivity contribution in [3.63, 3.8) is 0 Å². The molecule has 0 aliphatic carbocycles. The Morgan fingerprint density at radius 2 is 2.28 bits per heavy atom. The number of thiocarbonyl (C=S) groups is 1. The summed E-state index contributed by atoms with van der Waals surface area (Å²) < 4.78 is 5.31. The van der Waals surface area contributed by atoms with Crippen LogP contribution in [0, 0.1) is 0 Å². The Kier molecular flexibility index (Phi) is 5.04. The first-order valence-electron chi connectivity index (χ1n) is 6.33. The Balaban J connectivity index is 1.86. The first kappa shape index (κ1) is 13.4. The maximum atomic E-state index is 5.40. The molecule has 1 aromatic heterocycles. The zero-order chi connectivity index (χ0) is 12.8. The molecule has 5 heteroatoms. The van der Waals surface area contributed by atoms with Gasteiger partial charge in [-0.15, -0.1) is 0 Å². The molecule has 1 fully saturated rings. The van der Waals surface area contributed by atoms with Crippen LogP contribution >= 0.6 is 12.2 Å². The first-order valence-corrected chi connectivity index (χ1v) is 6.73. The molecule has 0 bridgehead atoms. The van der Waals surface area contributed by atoms with Crippen LogP contribution < -0.4 is 5.32 Å². The van der Waals surface area contributed by atoms with E-state index >= 15 is 0 Å². The lowest BCUT2D eigenvalue weighted by Gasteiger charge is -2.27. The molecule has 4 nitrogen and oxygen atoms in total. The van der Waals surface area contributed by atoms with Gasteiger partial charge in [0.15, 0.2) is 0 Å². The molecule has 0 aromatic carbocycles. The molecule has 0 saturated carbocycles. The Labute approximate surface area is 113 Å². The Morgan fingerprint density at radius 3 is 3.00 bits per heavy atom. The van der Waals surface area contributed by atoms with Gasteiger partial charge >= 0.3 is 0 Å². The van der Waals surface area contributed by atoms with Gasteiger partial charge in [0.25, 0.3) is 0 Å². The smallest absolute Gasteiger partial charge is 0.107 e. The van der Waals surface area contributed by atoms with Crippen molar-refractivity contribution in [3.8, 4) is 0 Å². The highest BCUT2D eigenvalue weighted by Crippen LogP contribution is 2.04. The predicted molar refractivity (Wildman–Crippen MR) is 75.7 cm³/mol. The fourth-order valence-electron chi connectivity index (χ4n) is 1.86. The third kappa shape index (κ3) is 3.73. The summed E-state index contributed by atoms with van der Waals surface area (Å²) in [6.07, 6.45) is 2.75. The van der Waals surface area contributed by atoms with Crippen LogP contribution in [0.25, 0.3) is 0 Å². The molecule has 1 aliphatic rings. The van der Waals surface area contributed by atoms with Crippen molar-refractivity contribution in [1.82, 2.24) is 15.2 Å². The van der Waals surface area contributed by atoms with Gasteiger partial charge in [0, 0.05) is 30.5 Å². The molecule has 18 heavy (non-hydrogen) atoms. The molecule has 0 amide bonds. The van der Waals surface area contributed by atoms with Gasteiger partial charge in [0.05, 0.1) is 19.9 Å². The number of pyridine rings is 1. The zero-order valence-corrected chi connectivity index (χ0v) is 11.5. The molecule has 2 rings (SSSR count). The average molecular weight is 265 g/mol. The predicted octanol–water partition coefficient (Wildman–Crippen LogP) is 1.20. The summed E-state index contributed by atoms with van der Waals surface area (Å²) in [5, 5.41) is 3.29. The second kappa shape index (κ2) is 6.78. The van der Waals surface area contributed by atoms with Crippen molar-refractivity contribution in [2.24, 2.45) is 0 Å². The van der Waals surface area contributed by atoms with E-state index in [0.29, 0.717) is 0 Å². The minimum Gasteiger partial charge on any atom is -0.379 e. The summed E-state index contributed by atoms with van der Waals surface area (Å²) in [7, 11) is 0. The van der Waals surface area contributed by atoms with Crippen LogP contribution in [0.5, 0.6) is 0 Å². The van der Waals surface area contributed by atoms with Crippen LogP contribution in [-0.4, -0.2) is 47.8 Å². The van der Waals surface area contributed by atoms with E-state index in [1.807, 2.05) is 12.3 Å². The third-order valence-corrected chi connectivity index (χ3v) is 3.39. The molecule has 1 saturated heterocycles. The van der Waals surface area contributed by atoms with E-state index in [9.17, 15) is 0 Å². The van der Waals surface area contributed by atoms with Crippen LogP contribution in [0.2, 0.25) is 0 Å². The van der Waals surface area contributed by atoms with E-state index in [1.54, 1.807) is 0 Å². The fourth-order valence-corrected chi connectivity index (χ4v) is 2.05. The molecule has 0 atom stereocenters. The van der Waals surface area contributed by atoms with Crippen LogP contribution in [0.4, 0.5) is 0 Å². The highest BCUT2D eigenvalue weighted by molar-refractivity contribution is 7.80. The van der Waals surface area contributed by atoms with Crippen molar-refractivity contribution in [3.05, 3.63) is 29.6 Å². The SMILES string of the molecule is CCc1cc(C(=S)NCN2CCOCC2)ccn1. The number of aryl methyl sites for hydroxylation is 1. The normalized spacial score (nSPS) is 16.5. The topological polar surface area (TPSA) is 37.4 Å². The van der Waals surface area contributed by atoms with Crippen molar-refractivity contribution in [2.75, 3.05) is 33.0 Å². The van der Waals surface area contributed by atoms with E-state index in [4.69, 9.17) is 17.0 Å². The lowest BCUT2D eigenvalue weighted by Crippen LogP contribution is -2.43. The van der Waals surface area contributed by atoms with E-state index in [0.717, 1.165) is 55.6 Å². The molecule has 2 heterocycles. The molecule has 0 unspecified atom stereocenters. The molecular formula is C13H19N3OS. The summed E-state index contributed by atoms with van der Waals surface area (Å²) >= 11 is 5.40. The van der Waals surface area contributed by atoms with Gasteiger partial charge in [-0.05, 0) is 18.6 Å². The second-order valence-corrected chi connectivity index (χ2v) is 4.69. The molecule has 1 N–H and O–H groups in total. The summed E-state index contributed by atoms with van der Waals surface area (Å²) in [5.74, 6) is 0. The van der Waals surface area contributed by atoms with Gasteiger partial charge in [-0.25, -0.2) is 0 Å². The minimum absolute atomic E-state index is 0.784. The number of nitrogens with zero attached hydrogens (tertiary/aromatic N) is 2. The van der Waals surface area contributed by atoms with Gasteiger partial charge in [-0.3, -0.25) is 9.88 Å². The average Bonchev–Trinajstić information content (AvgIpc) is 2.46. The van der Waals surface area contributed by atoms with Crippen molar-refractivity contribution in [1.29, 1.82) is 0 Å². The molecule has 0 radical (unpaired) electrons. The minimum atomic E-state index is 0.784. The molecular weight excluding hydrogens is 246 g/mol. The van der Waals surface area contributed by atoms with Crippen LogP contribution in [-0.2, 0) is 11.2 Å². The number of hydrogen-bond acceptors (Lipinski definition) is 4. The number of aromatic nitrogens is 1. The lowest BCUT2D eigenvalue weighted by molar-refractivity contribution is 0.0368. The van der Waals surface area contributed by atoms with Crippen LogP contribution in [0.15, 0.2) is 18.3 Å². The Bertz CT molecular complexity index is 405. The molecule has 0 spiro atoms. The first-order chi connectivity index (χ1) is 8.79. The van der Waals surface area contributed by atoms with E-state index in [2.05, 4.69) is 28.2 Å². The Hall–Kier alpha value is -1.04. The molecule has 98 valence electrons. The molecule has 1 aromatic rings. The van der Waals surface area contributed by atoms with Crippen LogP contribution in [0.3, 0.4) is 0 Å². The standard InChI is InChI=1S/C13H19N3OS/c1-2-12-9-11(3-4-14-12)13(18)15-10-16-5-7-17-8-6-16/h3-4,9H,2,5-8,10H2,1H3,(H,15,18).